The maximum Gasteiger partial charge on any atom is 0.256 e. The molecular formula is C18H17NO2. The van der Waals surface area contributed by atoms with Crippen LogP contribution in [0.5, 0.6) is 5.75 Å². The zero-order valence-corrected chi connectivity index (χ0v) is 12.1. The smallest absolute Gasteiger partial charge is 0.256 e. The summed E-state index contributed by atoms with van der Waals surface area (Å²) in [6.07, 6.45) is 1.91. The van der Waals surface area contributed by atoms with Gasteiger partial charge in [-0.3, -0.25) is 4.79 Å². The molecule has 1 N–H and O–H groups in total. The van der Waals surface area contributed by atoms with E-state index >= 15 is 0 Å². The predicted octanol–water partition coefficient (Wildman–Crippen LogP) is 3.89. The molecule has 3 rings (SSSR count). The van der Waals surface area contributed by atoms with Crippen LogP contribution in [0.4, 0.5) is 5.69 Å². The minimum absolute atomic E-state index is 0.0514. The molecule has 1 heterocycles. The van der Waals surface area contributed by atoms with Crippen molar-refractivity contribution < 1.29 is 9.53 Å². The van der Waals surface area contributed by atoms with Crippen molar-refractivity contribution in [2.24, 2.45) is 0 Å². The zero-order valence-electron chi connectivity index (χ0n) is 12.1. The first kappa shape index (κ1) is 13.4. The van der Waals surface area contributed by atoms with E-state index in [1.165, 1.54) is 0 Å². The van der Waals surface area contributed by atoms with Gasteiger partial charge in [-0.05, 0) is 49.8 Å². The molecule has 3 nitrogen and oxygen atoms in total. The van der Waals surface area contributed by atoms with Crippen molar-refractivity contribution in [3.63, 3.8) is 0 Å². The number of nitrogens with one attached hydrogen (secondary N) is 1. The van der Waals surface area contributed by atoms with Crippen molar-refractivity contribution in [2.45, 2.75) is 13.8 Å². The Bertz CT molecular complexity index is 714. The standard InChI is InChI=1S/C18H17NO2/c1-3-21-14-7-5-13(6-8-14)11-16-15-10-12(2)4-9-17(15)19-18(16)20/h4-11H,3H2,1-2H3,(H,19,20). The van der Waals surface area contributed by atoms with Crippen molar-refractivity contribution in [2.75, 3.05) is 11.9 Å². The highest BCUT2D eigenvalue weighted by Crippen LogP contribution is 2.33. The molecule has 0 atom stereocenters. The summed E-state index contributed by atoms with van der Waals surface area (Å²) in [7, 11) is 0. The van der Waals surface area contributed by atoms with Gasteiger partial charge in [-0.25, -0.2) is 0 Å². The van der Waals surface area contributed by atoms with E-state index in [0.717, 1.165) is 28.1 Å². The van der Waals surface area contributed by atoms with Crippen LogP contribution in [0.2, 0.25) is 0 Å². The maximum absolute atomic E-state index is 12.1. The Labute approximate surface area is 124 Å². The summed E-state index contributed by atoms with van der Waals surface area (Å²) in [6.45, 7) is 4.63. The molecule has 0 fully saturated rings. The summed E-state index contributed by atoms with van der Waals surface area (Å²) >= 11 is 0. The predicted molar refractivity (Wildman–Crippen MR) is 85.3 cm³/mol. The van der Waals surface area contributed by atoms with Gasteiger partial charge in [0.05, 0.1) is 6.61 Å². The van der Waals surface area contributed by atoms with Crippen molar-refractivity contribution in [1.29, 1.82) is 0 Å². The lowest BCUT2D eigenvalue weighted by Crippen LogP contribution is -2.03. The number of rotatable bonds is 3. The van der Waals surface area contributed by atoms with Gasteiger partial charge in [0.1, 0.15) is 5.75 Å². The van der Waals surface area contributed by atoms with E-state index < -0.39 is 0 Å². The Morgan fingerprint density at radius 3 is 2.62 bits per heavy atom. The van der Waals surface area contributed by atoms with Gasteiger partial charge in [-0.1, -0.05) is 23.8 Å². The number of ether oxygens (including phenoxy) is 1. The zero-order chi connectivity index (χ0) is 14.8. The number of fused-ring (bicyclic) bond motifs is 1. The van der Waals surface area contributed by atoms with E-state index in [2.05, 4.69) is 5.32 Å². The van der Waals surface area contributed by atoms with Crippen LogP contribution >= 0.6 is 0 Å². The first-order valence-electron chi connectivity index (χ1n) is 7.04. The molecule has 1 amide bonds. The summed E-state index contributed by atoms with van der Waals surface area (Å²) in [5, 5.41) is 2.89. The summed E-state index contributed by atoms with van der Waals surface area (Å²) in [5.74, 6) is 0.788. The number of amides is 1. The third-order valence-corrected chi connectivity index (χ3v) is 3.46. The second kappa shape index (κ2) is 5.44. The van der Waals surface area contributed by atoms with Gasteiger partial charge in [-0.2, -0.15) is 0 Å². The second-order valence-corrected chi connectivity index (χ2v) is 5.06. The Balaban J connectivity index is 1.96. The van der Waals surface area contributed by atoms with Crippen LogP contribution < -0.4 is 10.1 Å². The maximum atomic E-state index is 12.1. The molecule has 0 saturated carbocycles. The highest BCUT2D eigenvalue weighted by molar-refractivity contribution is 6.34. The quantitative estimate of drug-likeness (QED) is 0.866. The van der Waals surface area contributed by atoms with Gasteiger partial charge < -0.3 is 10.1 Å². The van der Waals surface area contributed by atoms with Gasteiger partial charge in [0.2, 0.25) is 0 Å². The van der Waals surface area contributed by atoms with E-state index in [1.54, 1.807) is 0 Å². The molecule has 2 aromatic carbocycles. The first-order chi connectivity index (χ1) is 10.2. The van der Waals surface area contributed by atoms with Crippen LogP contribution in [-0.4, -0.2) is 12.5 Å². The molecule has 3 heteroatoms. The molecule has 0 saturated heterocycles. The van der Waals surface area contributed by atoms with Crippen LogP contribution in [0.15, 0.2) is 42.5 Å². The number of aryl methyl sites for hydroxylation is 1. The number of benzene rings is 2. The number of anilines is 1. The Hall–Kier alpha value is -2.55. The topological polar surface area (TPSA) is 38.3 Å². The molecule has 21 heavy (non-hydrogen) atoms. The molecule has 106 valence electrons. The number of hydrogen-bond acceptors (Lipinski definition) is 2. The minimum atomic E-state index is -0.0514. The first-order valence-corrected chi connectivity index (χ1v) is 7.04. The Morgan fingerprint density at radius 1 is 1.14 bits per heavy atom. The molecular weight excluding hydrogens is 262 g/mol. The van der Waals surface area contributed by atoms with Crippen molar-refractivity contribution in [3.05, 3.63) is 59.2 Å². The van der Waals surface area contributed by atoms with Gasteiger partial charge in [0.15, 0.2) is 0 Å². The van der Waals surface area contributed by atoms with Crippen molar-refractivity contribution in [3.8, 4) is 5.75 Å². The molecule has 2 aromatic rings. The number of hydrogen-bond donors (Lipinski definition) is 1. The molecule has 1 aliphatic heterocycles. The lowest BCUT2D eigenvalue weighted by molar-refractivity contribution is -0.110. The number of carbonyl (C=O) groups is 1. The second-order valence-electron chi connectivity index (χ2n) is 5.06. The number of carbonyl (C=O) groups excluding carboxylic acids is 1. The summed E-state index contributed by atoms with van der Waals surface area (Å²) in [4.78, 5) is 12.1. The molecule has 0 bridgehead atoms. The van der Waals surface area contributed by atoms with Gasteiger partial charge in [-0.15, -0.1) is 0 Å². The van der Waals surface area contributed by atoms with Gasteiger partial charge in [0, 0.05) is 16.8 Å². The van der Waals surface area contributed by atoms with Gasteiger partial charge in [0.25, 0.3) is 5.91 Å². The molecule has 0 radical (unpaired) electrons. The van der Waals surface area contributed by atoms with Crippen LogP contribution in [0.25, 0.3) is 11.6 Å². The van der Waals surface area contributed by atoms with E-state index in [-0.39, 0.29) is 5.91 Å². The van der Waals surface area contributed by atoms with Crippen molar-refractivity contribution >= 4 is 23.2 Å². The van der Waals surface area contributed by atoms with Crippen LogP contribution in [-0.2, 0) is 4.79 Å². The van der Waals surface area contributed by atoms with E-state index in [4.69, 9.17) is 4.74 Å². The monoisotopic (exact) mass is 279 g/mol. The summed E-state index contributed by atoms with van der Waals surface area (Å²) in [6, 6.07) is 13.7. The Kier molecular flexibility index (Phi) is 3.48. The minimum Gasteiger partial charge on any atom is -0.494 e. The SMILES string of the molecule is CCOc1ccc(C=C2C(=O)Nc3ccc(C)cc32)cc1. The van der Waals surface area contributed by atoms with E-state index in [0.29, 0.717) is 12.2 Å². The van der Waals surface area contributed by atoms with E-state index in [1.807, 2.05) is 62.4 Å². The fourth-order valence-corrected chi connectivity index (χ4v) is 2.44. The molecule has 0 spiro atoms. The van der Waals surface area contributed by atoms with Crippen LogP contribution in [0.3, 0.4) is 0 Å². The molecule has 1 aliphatic rings. The van der Waals surface area contributed by atoms with Crippen molar-refractivity contribution in [1.82, 2.24) is 0 Å². The highest BCUT2D eigenvalue weighted by Gasteiger charge is 2.23. The molecule has 0 aliphatic carbocycles. The fourth-order valence-electron chi connectivity index (χ4n) is 2.44. The largest absolute Gasteiger partial charge is 0.494 e. The lowest BCUT2D eigenvalue weighted by atomic mass is 10.0. The molecule has 0 aromatic heterocycles. The average molecular weight is 279 g/mol. The summed E-state index contributed by atoms with van der Waals surface area (Å²) in [5.41, 5.74) is 4.68. The average Bonchev–Trinajstić information content (AvgIpc) is 2.77. The fraction of sp³-hybridized carbons (Fsp3) is 0.167. The third-order valence-electron chi connectivity index (χ3n) is 3.46. The third kappa shape index (κ3) is 2.68. The normalized spacial score (nSPS) is 15.0. The molecule has 0 unspecified atom stereocenters. The lowest BCUT2D eigenvalue weighted by Gasteiger charge is -2.03. The highest BCUT2D eigenvalue weighted by atomic mass is 16.5. The van der Waals surface area contributed by atoms with E-state index in [9.17, 15) is 4.79 Å². The van der Waals surface area contributed by atoms with Gasteiger partial charge >= 0.3 is 0 Å². The Morgan fingerprint density at radius 2 is 1.90 bits per heavy atom. The van der Waals surface area contributed by atoms with Crippen LogP contribution in [0.1, 0.15) is 23.6 Å². The van der Waals surface area contributed by atoms with Crippen LogP contribution in [0, 0.1) is 6.92 Å². The summed E-state index contributed by atoms with van der Waals surface area (Å²) < 4.78 is 5.42.